The summed E-state index contributed by atoms with van der Waals surface area (Å²) in [5.41, 5.74) is 0.116. The number of hydrogen-bond acceptors (Lipinski definition) is 4. The largest absolute Gasteiger partial charge is 0.395 e. The second-order valence-electron chi connectivity index (χ2n) is 6.46. The molecule has 1 aromatic carbocycles. The summed E-state index contributed by atoms with van der Waals surface area (Å²) >= 11 is 0. The molecule has 1 fully saturated rings. The first-order chi connectivity index (χ1) is 11.5. The van der Waals surface area contributed by atoms with Crippen LogP contribution >= 0.6 is 0 Å². The Kier molecular flexibility index (Phi) is 6.71. The highest BCUT2D eigenvalue weighted by Gasteiger charge is 2.49. The third-order valence-electron chi connectivity index (χ3n) is 4.77. The van der Waals surface area contributed by atoms with Crippen LogP contribution in [0.25, 0.3) is 0 Å². The van der Waals surface area contributed by atoms with Crippen molar-refractivity contribution < 1.29 is 19.4 Å². The molecule has 24 heavy (non-hydrogen) atoms. The molecule has 1 heterocycles. The second kappa shape index (κ2) is 8.55. The van der Waals surface area contributed by atoms with Crippen molar-refractivity contribution in [1.29, 1.82) is 0 Å². The van der Waals surface area contributed by atoms with Gasteiger partial charge in [0.1, 0.15) is 12.3 Å². The third-order valence-corrected chi connectivity index (χ3v) is 4.77. The number of piperidine rings is 1. The number of aryl methyl sites for hydroxylation is 1. The van der Waals surface area contributed by atoms with Crippen LogP contribution in [0.4, 0.5) is 4.39 Å². The van der Waals surface area contributed by atoms with Gasteiger partial charge >= 0.3 is 0 Å². The molecule has 0 radical (unpaired) electrons. The maximum absolute atomic E-state index is 14.4. The Balaban J connectivity index is 2.07. The molecule has 1 saturated heterocycles. The van der Waals surface area contributed by atoms with Gasteiger partial charge in [0.2, 0.25) is 5.91 Å². The predicted molar refractivity (Wildman–Crippen MR) is 90.3 cm³/mol. The SMILES string of the molecule is CCC(=O)N[C@@]1(CCCc2ccccc2)CN[C@H](CO)[C@@H](F)[C@@H]1O. The van der Waals surface area contributed by atoms with Crippen LogP contribution in [0.2, 0.25) is 0 Å². The number of carbonyl (C=O) groups is 1. The molecule has 1 aliphatic rings. The number of benzene rings is 1. The van der Waals surface area contributed by atoms with Gasteiger partial charge in [-0.25, -0.2) is 4.39 Å². The van der Waals surface area contributed by atoms with Gasteiger partial charge in [0.25, 0.3) is 0 Å². The van der Waals surface area contributed by atoms with Crippen LogP contribution in [0.3, 0.4) is 0 Å². The Morgan fingerprint density at radius 1 is 1.42 bits per heavy atom. The van der Waals surface area contributed by atoms with Crippen molar-refractivity contribution >= 4 is 5.91 Å². The molecule has 134 valence electrons. The van der Waals surface area contributed by atoms with Gasteiger partial charge in [-0.05, 0) is 24.8 Å². The Labute approximate surface area is 142 Å². The van der Waals surface area contributed by atoms with Crippen LogP contribution < -0.4 is 10.6 Å². The Hall–Kier alpha value is -1.50. The molecule has 0 aliphatic carbocycles. The highest BCUT2D eigenvalue weighted by Crippen LogP contribution is 2.28. The monoisotopic (exact) mass is 338 g/mol. The lowest BCUT2D eigenvalue weighted by atomic mass is 9.78. The van der Waals surface area contributed by atoms with Crippen molar-refractivity contribution in [2.45, 2.75) is 56.5 Å². The van der Waals surface area contributed by atoms with E-state index in [0.29, 0.717) is 12.8 Å². The van der Waals surface area contributed by atoms with E-state index < -0.39 is 23.9 Å². The van der Waals surface area contributed by atoms with Crippen LogP contribution in [-0.4, -0.2) is 53.1 Å². The van der Waals surface area contributed by atoms with Crippen molar-refractivity contribution in [1.82, 2.24) is 10.6 Å². The quantitative estimate of drug-likeness (QED) is 0.596. The Morgan fingerprint density at radius 3 is 2.75 bits per heavy atom. The highest BCUT2D eigenvalue weighted by molar-refractivity contribution is 5.76. The molecule has 2 rings (SSSR count). The number of aliphatic hydroxyl groups excluding tert-OH is 2. The molecular weight excluding hydrogens is 311 g/mol. The van der Waals surface area contributed by atoms with E-state index in [9.17, 15) is 19.4 Å². The zero-order valence-electron chi connectivity index (χ0n) is 14.0. The van der Waals surface area contributed by atoms with Crippen LogP contribution in [-0.2, 0) is 11.2 Å². The normalized spacial score (nSPS) is 30.1. The van der Waals surface area contributed by atoms with Gasteiger partial charge in [-0.3, -0.25) is 4.79 Å². The van der Waals surface area contributed by atoms with Gasteiger partial charge in [0.15, 0.2) is 0 Å². The fourth-order valence-corrected chi connectivity index (χ4v) is 3.26. The maximum atomic E-state index is 14.4. The molecule has 1 aliphatic heterocycles. The first-order valence-electron chi connectivity index (χ1n) is 8.53. The number of rotatable bonds is 7. The Bertz CT molecular complexity index is 528. The first kappa shape index (κ1) is 18.8. The molecule has 0 bridgehead atoms. The van der Waals surface area contributed by atoms with E-state index in [-0.39, 0.29) is 25.5 Å². The molecule has 6 heteroatoms. The molecule has 0 aromatic heterocycles. The highest BCUT2D eigenvalue weighted by atomic mass is 19.1. The smallest absolute Gasteiger partial charge is 0.220 e. The summed E-state index contributed by atoms with van der Waals surface area (Å²) in [5, 5.41) is 25.4. The van der Waals surface area contributed by atoms with Crippen molar-refractivity contribution in [3.8, 4) is 0 Å². The number of alkyl halides is 1. The minimum atomic E-state index is -1.63. The molecule has 4 N–H and O–H groups in total. The number of hydrogen-bond donors (Lipinski definition) is 4. The first-order valence-corrected chi connectivity index (χ1v) is 8.53. The van der Waals surface area contributed by atoms with Crippen LogP contribution in [0.1, 0.15) is 31.7 Å². The minimum absolute atomic E-state index is 0.217. The van der Waals surface area contributed by atoms with E-state index in [1.165, 1.54) is 0 Å². The zero-order chi connectivity index (χ0) is 17.6. The van der Waals surface area contributed by atoms with E-state index in [1.807, 2.05) is 30.3 Å². The number of halogens is 1. The molecule has 1 amide bonds. The standard InChI is InChI=1S/C18H27FN2O3/c1-2-15(23)21-18(10-6-9-13-7-4-3-5-8-13)12-20-14(11-22)16(19)17(18)24/h3-5,7-8,14,16-17,20,22,24H,2,6,9-12H2,1H3,(H,21,23)/t14-,16-,17+,18+/m1/s1. The van der Waals surface area contributed by atoms with Crippen molar-refractivity contribution in [3.05, 3.63) is 35.9 Å². The molecule has 5 nitrogen and oxygen atoms in total. The Morgan fingerprint density at radius 2 is 2.12 bits per heavy atom. The van der Waals surface area contributed by atoms with Gasteiger partial charge in [0, 0.05) is 13.0 Å². The van der Waals surface area contributed by atoms with Gasteiger partial charge in [-0.1, -0.05) is 37.3 Å². The molecule has 0 unspecified atom stereocenters. The molecule has 0 saturated carbocycles. The lowest BCUT2D eigenvalue weighted by Crippen LogP contribution is -2.72. The summed E-state index contributed by atoms with van der Waals surface area (Å²) in [6, 6.07) is 9.11. The average molecular weight is 338 g/mol. The molecule has 4 atom stereocenters. The van der Waals surface area contributed by atoms with Crippen LogP contribution in [0.15, 0.2) is 30.3 Å². The lowest BCUT2D eigenvalue weighted by Gasteiger charge is -2.46. The molecular formula is C18H27FN2O3. The van der Waals surface area contributed by atoms with Crippen molar-refractivity contribution in [3.63, 3.8) is 0 Å². The van der Waals surface area contributed by atoms with Gasteiger partial charge in [-0.15, -0.1) is 0 Å². The van der Waals surface area contributed by atoms with Crippen molar-refractivity contribution in [2.75, 3.05) is 13.2 Å². The van der Waals surface area contributed by atoms with Gasteiger partial charge in [0.05, 0.1) is 18.2 Å². The zero-order valence-corrected chi connectivity index (χ0v) is 14.0. The van der Waals surface area contributed by atoms with E-state index in [4.69, 9.17) is 0 Å². The summed E-state index contributed by atoms with van der Waals surface area (Å²) in [6.07, 6.45) is -0.741. The van der Waals surface area contributed by atoms with Crippen LogP contribution in [0, 0.1) is 0 Å². The number of aliphatic hydroxyl groups is 2. The molecule has 0 spiro atoms. The number of carbonyl (C=O) groups excluding carboxylic acids is 1. The average Bonchev–Trinajstić information content (AvgIpc) is 2.60. The predicted octanol–water partition coefficient (Wildman–Crippen LogP) is 0.937. The topological polar surface area (TPSA) is 81.6 Å². The summed E-state index contributed by atoms with van der Waals surface area (Å²) in [5.74, 6) is -0.217. The number of nitrogens with one attached hydrogen (secondary N) is 2. The second-order valence-corrected chi connectivity index (χ2v) is 6.46. The maximum Gasteiger partial charge on any atom is 0.220 e. The van der Waals surface area contributed by atoms with Crippen LogP contribution in [0.5, 0.6) is 0 Å². The summed E-state index contributed by atoms with van der Waals surface area (Å²) in [6.45, 7) is 1.57. The fourth-order valence-electron chi connectivity index (χ4n) is 3.26. The third kappa shape index (κ3) is 4.32. The fraction of sp³-hybridized carbons (Fsp3) is 0.611. The lowest BCUT2D eigenvalue weighted by molar-refractivity contribution is -0.128. The minimum Gasteiger partial charge on any atom is -0.395 e. The van der Waals surface area contributed by atoms with E-state index in [0.717, 1.165) is 12.0 Å². The van der Waals surface area contributed by atoms with Gasteiger partial charge < -0.3 is 20.8 Å². The van der Waals surface area contributed by atoms with E-state index >= 15 is 0 Å². The van der Waals surface area contributed by atoms with E-state index in [2.05, 4.69) is 10.6 Å². The summed E-state index contributed by atoms with van der Waals surface area (Å²) in [7, 11) is 0. The molecule has 1 aromatic rings. The number of amides is 1. The summed E-state index contributed by atoms with van der Waals surface area (Å²) < 4.78 is 14.4. The summed E-state index contributed by atoms with van der Waals surface area (Å²) in [4.78, 5) is 11.9. The van der Waals surface area contributed by atoms with Crippen molar-refractivity contribution in [2.24, 2.45) is 0 Å². The van der Waals surface area contributed by atoms with Gasteiger partial charge in [-0.2, -0.15) is 0 Å². The van der Waals surface area contributed by atoms with E-state index in [1.54, 1.807) is 6.92 Å².